The zero-order valence-electron chi connectivity index (χ0n) is 12.8. The third kappa shape index (κ3) is 3.35. The Morgan fingerprint density at radius 2 is 1.92 bits per heavy atom. The summed E-state index contributed by atoms with van der Waals surface area (Å²) in [6.07, 6.45) is 1.53. The molecule has 2 aromatic carbocycles. The summed E-state index contributed by atoms with van der Waals surface area (Å²) < 4.78 is 16.1. The number of benzene rings is 2. The highest BCUT2D eigenvalue weighted by atomic mass is 79.9. The van der Waals surface area contributed by atoms with Gasteiger partial charge in [-0.3, -0.25) is 4.79 Å². The highest BCUT2D eigenvalue weighted by molar-refractivity contribution is 9.10. The Labute approximate surface area is 146 Å². The van der Waals surface area contributed by atoms with Crippen molar-refractivity contribution < 1.29 is 9.18 Å². The molecular formula is C17H14BrFN4O. The molecule has 122 valence electrons. The van der Waals surface area contributed by atoms with Gasteiger partial charge in [0.25, 0.3) is 5.91 Å². The lowest BCUT2D eigenvalue weighted by Crippen LogP contribution is -2.27. The van der Waals surface area contributed by atoms with E-state index in [0.717, 1.165) is 10.2 Å². The van der Waals surface area contributed by atoms with Gasteiger partial charge in [0.1, 0.15) is 5.82 Å². The lowest BCUT2D eigenvalue weighted by atomic mass is 10.1. The second-order valence-corrected chi connectivity index (χ2v) is 6.07. The van der Waals surface area contributed by atoms with E-state index in [9.17, 15) is 9.18 Å². The molecule has 1 aromatic heterocycles. The molecule has 0 saturated carbocycles. The summed E-state index contributed by atoms with van der Waals surface area (Å²) in [5.41, 5.74) is 1.35. The molecule has 0 radical (unpaired) electrons. The molecule has 1 heterocycles. The molecule has 3 rings (SSSR count). The number of amides is 1. The average Bonchev–Trinajstić information content (AvgIpc) is 3.05. The molecule has 0 aliphatic carbocycles. The Hall–Kier alpha value is -2.54. The van der Waals surface area contributed by atoms with Crippen LogP contribution in [-0.2, 0) is 0 Å². The Bertz CT molecular complexity index is 880. The topological polar surface area (TPSA) is 59.8 Å². The van der Waals surface area contributed by atoms with Crippen LogP contribution in [-0.4, -0.2) is 20.9 Å². The molecule has 3 aromatic rings. The first-order valence-corrected chi connectivity index (χ1v) is 8.08. The molecule has 0 spiro atoms. The minimum absolute atomic E-state index is 0.161. The number of carbonyl (C=O) groups is 1. The summed E-state index contributed by atoms with van der Waals surface area (Å²) in [6, 6.07) is 13.3. The van der Waals surface area contributed by atoms with E-state index in [2.05, 4.69) is 31.6 Å². The van der Waals surface area contributed by atoms with E-state index in [1.54, 1.807) is 25.1 Å². The van der Waals surface area contributed by atoms with Crippen molar-refractivity contribution in [1.29, 1.82) is 0 Å². The first-order chi connectivity index (χ1) is 11.6. The summed E-state index contributed by atoms with van der Waals surface area (Å²) in [7, 11) is 0. The van der Waals surface area contributed by atoms with E-state index in [-0.39, 0.29) is 11.5 Å². The Morgan fingerprint density at radius 3 is 2.67 bits per heavy atom. The first kappa shape index (κ1) is 16.3. The fourth-order valence-electron chi connectivity index (χ4n) is 2.30. The van der Waals surface area contributed by atoms with Crippen LogP contribution in [0.15, 0.2) is 59.2 Å². The molecule has 5 nitrogen and oxygen atoms in total. The van der Waals surface area contributed by atoms with Crippen molar-refractivity contribution in [1.82, 2.24) is 20.3 Å². The number of hydrogen-bond donors (Lipinski definition) is 1. The van der Waals surface area contributed by atoms with E-state index < -0.39 is 11.9 Å². The van der Waals surface area contributed by atoms with Crippen molar-refractivity contribution in [2.24, 2.45) is 0 Å². The Morgan fingerprint density at radius 1 is 1.21 bits per heavy atom. The Kier molecular flexibility index (Phi) is 4.71. The zero-order valence-corrected chi connectivity index (χ0v) is 14.4. The highest BCUT2D eigenvalue weighted by Gasteiger charge is 2.17. The fraction of sp³-hybridized carbons (Fsp3) is 0.118. The van der Waals surface area contributed by atoms with Gasteiger partial charge in [-0.15, -0.1) is 5.10 Å². The van der Waals surface area contributed by atoms with Gasteiger partial charge in [0.15, 0.2) is 5.69 Å². The van der Waals surface area contributed by atoms with Gasteiger partial charge in [-0.05, 0) is 41.1 Å². The molecule has 0 fully saturated rings. The van der Waals surface area contributed by atoms with Gasteiger partial charge >= 0.3 is 0 Å². The molecule has 0 aliphatic rings. The molecule has 0 saturated heterocycles. The van der Waals surface area contributed by atoms with Gasteiger partial charge in [0.2, 0.25) is 0 Å². The smallest absolute Gasteiger partial charge is 0.273 e. The van der Waals surface area contributed by atoms with Crippen molar-refractivity contribution in [3.05, 3.63) is 76.3 Å². The van der Waals surface area contributed by atoms with Crippen LogP contribution in [0.3, 0.4) is 0 Å². The second kappa shape index (κ2) is 6.92. The van der Waals surface area contributed by atoms with Crippen molar-refractivity contribution in [2.75, 3.05) is 0 Å². The van der Waals surface area contributed by atoms with Gasteiger partial charge in [-0.25, -0.2) is 9.07 Å². The van der Waals surface area contributed by atoms with Crippen molar-refractivity contribution in [3.8, 4) is 5.69 Å². The summed E-state index contributed by atoms with van der Waals surface area (Å²) in [4.78, 5) is 12.3. The molecule has 24 heavy (non-hydrogen) atoms. The highest BCUT2D eigenvalue weighted by Crippen LogP contribution is 2.20. The fourth-order valence-corrected chi connectivity index (χ4v) is 2.76. The van der Waals surface area contributed by atoms with Crippen molar-refractivity contribution >= 4 is 21.8 Å². The van der Waals surface area contributed by atoms with Crippen LogP contribution in [0.2, 0.25) is 0 Å². The minimum Gasteiger partial charge on any atom is -0.344 e. The third-order valence-corrected chi connectivity index (χ3v) is 4.22. The third-order valence-electron chi connectivity index (χ3n) is 3.54. The molecule has 1 unspecified atom stereocenters. The van der Waals surface area contributed by atoms with Crippen LogP contribution < -0.4 is 5.32 Å². The van der Waals surface area contributed by atoms with Crippen LogP contribution >= 0.6 is 15.9 Å². The average molecular weight is 389 g/mol. The molecule has 1 amide bonds. The number of nitrogens with one attached hydrogen (secondary N) is 1. The van der Waals surface area contributed by atoms with E-state index in [4.69, 9.17) is 0 Å². The van der Waals surface area contributed by atoms with E-state index in [1.165, 1.54) is 16.9 Å². The lowest BCUT2D eigenvalue weighted by molar-refractivity contribution is 0.0934. The van der Waals surface area contributed by atoms with Gasteiger partial charge < -0.3 is 5.32 Å². The number of para-hydroxylation sites is 1. The normalized spacial score (nSPS) is 12.0. The van der Waals surface area contributed by atoms with Crippen LogP contribution in [0.4, 0.5) is 4.39 Å². The number of nitrogens with zero attached hydrogens (tertiary/aromatic N) is 3. The first-order valence-electron chi connectivity index (χ1n) is 7.29. The van der Waals surface area contributed by atoms with Crippen LogP contribution in [0.5, 0.6) is 0 Å². The number of halogens is 2. The van der Waals surface area contributed by atoms with E-state index >= 15 is 0 Å². The SMILES string of the molecule is CC(NC(=O)c1cn(-c2ccccc2Br)nn1)c1ccccc1F. The second-order valence-electron chi connectivity index (χ2n) is 5.22. The zero-order chi connectivity index (χ0) is 17.1. The van der Waals surface area contributed by atoms with Crippen LogP contribution in [0.1, 0.15) is 29.0 Å². The van der Waals surface area contributed by atoms with Crippen LogP contribution in [0, 0.1) is 5.82 Å². The molecule has 0 bridgehead atoms. The maximum absolute atomic E-state index is 13.8. The van der Waals surface area contributed by atoms with E-state index in [1.807, 2.05) is 24.3 Å². The van der Waals surface area contributed by atoms with Gasteiger partial charge in [-0.1, -0.05) is 35.5 Å². The summed E-state index contributed by atoms with van der Waals surface area (Å²) in [5.74, 6) is -0.772. The number of carbonyl (C=O) groups excluding carboxylic acids is 1. The Balaban J connectivity index is 1.77. The summed E-state index contributed by atoms with van der Waals surface area (Å²) >= 11 is 3.43. The molecule has 7 heteroatoms. The van der Waals surface area contributed by atoms with Crippen LogP contribution in [0.25, 0.3) is 5.69 Å². The molecular weight excluding hydrogens is 375 g/mol. The quantitative estimate of drug-likeness (QED) is 0.741. The standard InChI is InChI=1S/C17H14BrFN4O/c1-11(12-6-2-4-8-14(12)19)20-17(24)15-10-23(22-21-15)16-9-5-3-7-13(16)18/h2-11H,1H3,(H,20,24). The monoisotopic (exact) mass is 388 g/mol. The number of aromatic nitrogens is 3. The summed E-state index contributed by atoms with van der Waals surface area (Å²) in [6.45, 7) is 1.72. The predicted octanol–water partition coefficient (Wildman–Crippen LogP) is 3.66. The molecule has 0 aliphatic heterocycles. The predicted molar refractivity (Wildman–Crippen MR) is 91.3 cm³/mol. The molecule has 1 N–H and O–H groups in total. The van der Waals surface area contributed by atoms with Gasteiger partial charge in [0, 0.05) is 10.0 Å². The van der Waals surface area contributed by atoms with Gasteiger partial charge in [0.05, 0.1) is 17.9 Å². The largest absolute Gasteiger partial charge is 0.344 e. The molecule has 1 atom stereocenters. The van der Waals surface area contributed by atoms with Gasteiger partial charge in [-0.2, -0.15) is 0 Å². The maximum atomic E-state index is 13.8. The van der Waals surface area contributed by atoms with E-state index in [0.29, 0.717) is 5.56 Å². The van der Waals surface area contributed by atoms with Crippen molar-refractivity contribution in [2.45, 2.75) is 13.0 Å². The maximum Gasteiger partial charge on any atom is 0.273 e. The summed E-state index contributed by atoms with van der Waals surface area (Å²) in [5, 5.41) is 10.6. The van der Waals surface area contributed by atoms with Crippen molar-refractivity contribution in [3.63, 3.8) is 0 Å². The number of hydrogen-bond acceptors (Lipinski definition) is 3. The number of rotatable bonds is 4. The minimum atomic E-state index is -0.479. The lowest BCUT2D eigenvalue weighted by Gasteiger charge is -2.13.